The Labute approximate surface area is 101 Å². The lowest BCUT2D eigenvalue weighted by molar-refractivity contribution is -0.137. The molecular formula is C11H10ClF3N2. The first-order chi connectivity index (χ1) is 7.80. The van der Waals surface area contributed by atoms with E-state index in [1.807, 2.05) is 0 Å². The first-order valence-corrected chi connectivity index (χ1v) is 5.42. The molecule has 2 rings (SSSR count). The van der Waals surface area contributed by atoms with Gasteiger partial charge in [0.05, 0.1) is 22.0 Å². The minimum absolute atomic E-state index is 0.310. The Bertz CT molecular complexity index is 558. The Morgan fingerprint density at radius 3 is 2.53 bits per heavy atom. The van der Waals surface area contributed by atoms with Crippen LogP contribution in [0.3, 0.4) is 0 Å². The van der Waals surface area contributed by atoms with Crippen LogP contribution >= 0.6 is 11.6 Å². The maximum Gasteiger partial charge on any atom is 0.416 e. The van der Waals surface area contributed by atoms with Gasteiger partial charge < -0.3 is 4.57 Å². The maximum atomic E-state index is 12.5. The predicted molar refractivity (Wildman–Crippen MR) is 60.0 cm³/mol. The Hall–Kier alpha value is -1.23. The Kier molecular flexibility index (Phi) is 2.81. The van der Waals surface area contributed by atoms with Crippen LogP contribution in [-0.4, -0.2) is 9.55 Å². The predicted octanol–water partition coefficient (Wildman–Crippen LogP) is 3.89. The van der Waals surface area contributed by atoms with Crippen LogP contribution in [0.5, 0.6) is 0 Å². The molecule has 92 valence electrons. The minimum atomic E-state index is -4.35. The van der Waals surface area contributed by atoms with E-state index in [9.17, 15) is 13.2 Å². The molecule has 2 nitrogen and oxygen atoms in total. The molecule has 0 aliphatic heterocycles. The SMILES string of the molecule is CC(Cl)c1nc2cc(C(F)(F)F)ccc2n1C. The van der Waals surface area contributed by atoms with Gasteiger partial charge in [-0.1, -0.05) is 0 Å². The number of nitrogens with zero attached hydrogens (tertiary/aromatic N) is 2. The van der Waals surface area contributed by atoms with Gasteiger partial charge in [-0.25, -0.2) is 4.98 Å². The van der Waals surface area contributed by atoms with Crippen LogP contribution in [0.25, 0.3) is 11.0 Å². The molecule has 0 saturated heterocycles. The molecule has 1 unspecified atom stereocenters. The summed E-state index contributed by atoms with van der Waals surface area (Å²) in [6.07, 6.45) is -4.35. The number of alkyl halides is 4. The average Bonchev–Trinajstić information content (AvgIpc) is 2.54. The van der Waals surface area contributed by atoms with Crippen molar-refractivity contribution in [1.82, 2.24) is 9.55 Å². The smallest absolute Gasteiger partial charge is 0.330 e. The second-order valence-corrected chi connectivity index (χ2v) is 4.50. The zero-order chi connectivity index (χ0) is 12.8. The summed E-state index contributed by atoms with van der Waals surface area (Å²) in [6.45, 7) is 1.73. The minimum Gasteiger partial charge on any atom is -0.330 e. The molecule has 0 spiro atoms. The largest absolute Gasteiger partial charge is 0.416 e. The number of halogens is 4. The van der Waals surface area contributed by atoms with Gasteiger partial charge in [0.15, 0.2) is 0 Å². The number of imidazole rings is 1. The van der Waals surface area contributed by atoms with Crippen LogP contribution in [0, 0.1) is 0 Å². The summed E-state index contributed by atoms with van der Waals surface area (Å²) >= 11 is 5.90. The summed E-state index contributed by atoms with van der Waals surface area (Å²) < 4.78 is 39.3. The number of aryl methyl sites for hydroxylation is 1. The Balaban J connectivity index is 2.64. The molecule has 0 N–H and O–H groups in total. The van der Waals surface area contributed by atoms with Crippen LogP contribution in [0.4, 0.5) is 13.2 Å². The van der Waals surface area contributed by atoms with Crippen LogP contribution in [-0.2, 0) is 13.2 Å². The molecule has 6 heteroatoms. The number of hydrogen-bond donors (Lipinski definition) is 0. The van der Waals surface area contributed by atoms with E-state index >= 15 is 0 Å². The number of fused-ring (bicyclic) bond motifs is 1. The molecule has 0 radical (unpaired) electrons. The Morgan fingerprint density at radius 2 is 2.00 bits per heavy atom. The fraction of sp³-hybridized carbons (Fsp3) is 0.364. The zero-order valence-corrected chi connectivity index (χ0v) is 9.97. The topological polar surface area (TPSA) is 17.8 Å². The molecule has 17 heavy (non-hydrogen) atoms. The van der Waals surface area contributed by atoms with Crippen molar-refractivity contribution in [3.63, 3.8) is 0 Å². The monoisotopic (exact) mass is 262 g/mol. The van der Waals surface area contributed by atoms with Crippen LogP contribution < -0.4 is 0 Å². The summed E-state index contributed by atoms with van der Waals surface area (Å²) in [5.41, 5.74) is 0.252. The average molecular weight is 263 g/mol. The summed E-state index contributed by atoms with van der Waals surface area (Å²) in [5, 5.41) is -0.346. The van der Waals surface area contributed by atoms with E-state index in [4.69, 9.17) is 11.6 Å². The second kappa shape index (κ2) is 3.91. The van der Waals surface area contributed by atoms with Gasteiger partial charge in [0.2, 0.25) is 0 Å². The molecular weight excluding hydrogens is 253 g/mol. The molecule has 0 aliphatic rings. The van der Waals surface area contributed by atoms with Crippen molar-refractivity contribution in [2.75, 3.05) is 0 Å². The molecule has 1 atom stereocenters. The first-order valence-electron chi connectivity index (χ1n) is 4.98. The molecule has 0 saturated carbocycles. The van der Waals surface area contributed by atoms with Crippen molar-refractivity contribution in [3.8, 4) is 0 Å². The van der Waals surface area contributed by atoms with E-state index in [1.54, 1.807) is 18.5 Å². The summed E-state index contributed by atoms with van der Waals surface area (Å²) in [6, 6.07) is 3.50. The zero-order valence-electron chi connectivity index (χ0n) is 9.22. The molecule has 0 amide bonds. The van der Waals surface area contributed by atoms with Gasteiger partial charge in [0.25, 0.3) is 0 Å². The maximum absolute atomic E-state index is 12.5. The lowest BCUT2D eigenvalue weighted by Crippen LogP contribution is -2.04. The third-order valence-corrected chi connectivity index (χ3v) is 2.79. The van der Waals surface area contributed by atoms with E-state index < -0.39 is 11.7 Å². The molecule has 0 bridgehead atoms. The van der Waals surface area contributed by atoms with E-state index in [2.05, 4.69) is 4.98 Å². The molecule has 0 aliphatic carbocycles. The van der Waals surface area contributed by atoms with Crippen molar-refractivity contribution in [1.29, 1.82) is 0 Å². The van der Waals surface area contributed by atoms with Gasteiger partial charge in [-0.2, -0.15) is 13.2 Å². The van der Waals surface area contributed by atoms with E-state index in [-0.39, 0.29) is 5.38 Å². The standard InChI is InChI=1S/C11H10ClF3N2/c1-6(12)10-16-8-5-7(11(13,14)15)3-4-9(8)17(10)2/h3-6H,1-2H3. The van der Waals surface area contributed by atoms with E-state index in [1.165, 1.54) is 6.07 Å². The van der Waals surface area contributed by atoms with Gasteiger partial charge in [-0.15, -0.1) is 11.6 Å². The van der Waals surface area contributed by atoms with Crippen LogP contribution in [0.1, 0.15) is 23.7 Å². The van der Waals surface area contributed by atoms with Gasteiger partial charge in [-0.3, -0.25) is 0 Å². The number of aromatic nitrogens is 2. The van der Waals surface area contributed by atoms with Crippen molar-refractivity contribution in [2.24, 2.45) is 7.05 Å². The van der Waals surface area contributed by atoms with Crippen molar-refractivity contribution in [3.05, 3.63) is 29.6 Å². The highest BCUT2D eigenvalue weighted by Crippen LogP contribution is 2.32. The third-order valence-electron chi connectivity index (χ3n) is 2.60. The molecule has 1 heterocycles. The van der Waals surface area contributed by atoms with Crippen LogP contribution in [0.2, 0.25) is 0 Å². The highest BCUT2D eigenvalue weighted by atomic mass is 35.5. The normalized spacial score (nSPS) is 14.2. The van der Waals surface area contributed by atoms with Gasteiger partial charge in [0.1, 0.15) is 5.82 Å². The van der Waals surface area contributed by atoms with Crippen molar-refractivity contribution in [2.45, 2.75) is 18.5 Å². The summed E-state index contributed by atoms with van der Waals surface area (Å²) in [7, 11) is 1.73. The van der Waals surface area contributed by atoms with Crippen molar-refractivity contribution < 1.29 is 13.2 Å². The fourth-order valence-electron chi connectivity index (χ4n) is 1.75. The first kappa shape index (κ1) is 12.2. The Morgan fingerprint density at radius 1 is 1.35 bits per heavy atom. The van der Waals surface area contributed by atoms with Gasteiger partial charge in [0, 0.05) is 7.05 Å². The summed E-state index contributed by atoms with van der Waals surface area (Å²) in [4.78, 5) is 4.12. The van der Waals surface area contributed by atoms with E-state index in [0.717, 1.165) is 12.1 Å². The van der Waals surface area contributed by atoms with Gasteiger partial charge in [-0.05, 0) is 25.1 Å². The fourth-order valence-corrected chi connectivity index (χ4v) is 1.95. The number of hydrogen-bond acceptors (Lipinski definition) is 1. The summed E-state index contributed by atoms with van der Waals surface area (Å²) in [5.74, 6) is 0.556. The quantitative estimate of drug-likeness (QED) is 0.713. The van der Waals surface area contributed by atoms with E-state index in [0.29, 0.717) is 16.9 Å². The highest BCUT2D eigenvalue weighted by Gasteiger charge is 2.31. The molecule has 2 aromatic rings. The van der Waals surface area contributed by atoms with Crippen LogP contribution in [0.15, 0.2) is 18.2 Å². The number of benzene rings is 1. The molecule has 0 fully saturated rings. The van der Waals surface area contributed by atoms with Gasteiger partial charge >= 0.3 is 6.18 Å². The third kappa shape index (κ3) is 2.11. The lowest BCUT2D eigenvalue weighted by Gasteiger charge is -2.06. The molecule has 1 aromatic carbocycles. The molecule has 1 aromatic heterocycles. The van der Waals surface area contributed by atoms with Crippen molar-refractivity contribution >= 4 is 22.6 Å². The highest BCUT2D eigenvalue weighted by molar-refractivity contribution is 6.20. The number of rotatable bonds is 1. The lowest BCUT2D eigenvalue weighted by atomic mass is 10.2. The second-order valence-electron chi connectivity index (χ2n) is 3.85.